The van der Waals surface area contributed by atoms with Gasteiger partial charge in [-0.15, -0.1) is 11.6 Å². The van der Waals surface area contributed by atoms with E-state index in [4.69, 9.17) is 20.8 Å². The maximum absolute atomic E-state index is 11.9. The Labute approximate surface area is 129 Å². The molecule has 0 aliphatic heterocycles. The number of rotatable bonds is 6. The molecule has 0 fully saturated rings. The van der Waals surface area contributed by atoms with E-state index in [1.807, 2.05) is 38.1 Å². The van der Waals surface area contributed by atoms with Gasteiger partial charge in [0.1, 0.15) is 17.6 Å². The SMILES string of the molecule is Cc1ccccc1OC(C)CNC(=O)c1ccc(CCl)o1. The molecule has 5 heteroatoms. The van der Waals surface area contributed by atoms with Crippen LogP contribution in [0.2, 0.25) is 0 Å². The highest BCUT2D eigenvalue weighted by Crippen LogP contribution is 2.17. The van der Waals surface area contributed by atoms with Crippen molar-refractivity contribution < 1.29 is 13.9 Å². The van der Waals surface area contributed by atoms with Crippen LogP contribution in [-0.4, -0.2) is 18.6 Å². The quantitative estimate of drug-likeness (QED) is 0.831. The van der Waals surface area contributed by atoms with Crippen molar-refractivity contribution in [3.63, 3.8) is 0 Å². The highest BCUT2D eigenvalue weighted by atomic mass is 35.5. The molecule has 112 valence electrons. The second kappa shape index (κ2) is 7.18. The summed E-state index contributed by atoms with van der Waals surface area (Å²) in [5, 5.41) is 2.78. The lowest BCUT2D eigenvalue weighted by molar-refractivity contribution is 0.0903. The van der Waals surface area contributed by atoms with Crippen molar-refractivity contribution in [2.24, 2.45) is 0 Å². The van der Waals surface area contributed by atoms with Crippen LogP contribution < -0.4 is 10.1 Å². The molecule has 0 aliphatic carbocycles. The molecular weight excluding hydrogens is 290 g/mol. The van der Waals surface area contributed by atoms with Crippen LogP contribution in [0.5, 0.6) is 5.75 Å². The lowest BCUT2D eigenvalue weighted by Crippen LogP contribution is -2.33. The minimum atomic E-state index is -0.272. The van der Waals surface area contributed by atoms with Crippen molar-refractivity contribution in [3.8, 4) is 5.75 Å². The van der Waals surface area contributed by atoms with Crippen LogP contribution in [0.3, 0.4) is 0 Å². The third-order valence-electron chi connectivity index (χ3n) is 2.99. The normalized spacial score (nSPS) is 12.0. The molecule has 1 unspecified atom stereocenters. The number of carbonyl (C=O) groups is 1. The van der Waals surface area contributed by atoms with Crippen molar-refractivity contribution in [1.29, 1.82) is 0 Å². The molecule has 1 amide bonds. The van der Waals surface area contributed by atoms with Crippen molar-refractivity contribution in [2.75, 3.05) is 6.54 Å². The molecule has 0 spiro atoms. The third-order valence-corrected chi connectivity index (χ3v) is 3.25. The van der Waals surface area contributed by atoms with Crippen molar-refractivity contribution in [1.82, 2.24) is 5.32 Å². The Morgan fingerprint density at radius 2 is 2.10 bits per heavy atom. The lowest BCUT2D eigenvalue weighted by Gasteiger charge is -2.16. The number of amides is 1. The van der Waals surface area contributed by atoms with Gasteiger partial charge in [-0.1, -0.05) is 18.2 Å². The number of alkyl halides is 1. The number of hydrogen-bond acceptors (Lipinski definition) is 3. The van der Waals surface area contributed by atoms with Gasteiger partial charge in [-0.05, 0) is 37.6 Å². The summed E-state index contributed by atoms with van der Waals surface area (Å²) in [6.07, 6.45) is -0.141. The second-order valence-electron chi connectivity index (χ2n) is 4.80. The van der Waals surface area contributed by atoms with Gasteiger partial charge in [0.05, 0.1) is 12.4 Å². The van der Waals surface area contributed by atoms with E-state index in [2.05, 4.69) is 5.32 Å². The Morgan fingerprint density at radius 1 is 1.33 bits per heavy atom. The fourth-order valence-electron chi connectivity index (χ4n) is 1.84. The fraction of sp³-hybridized carbons (Fsp3) is 0.312. The predicted octanol–water partition coefficient (Wildman–Crippen LogP) is 3.52. The van der Waals surface area contributed by atoms with Gasteiger partial charge in [0.25, 0.3) is 5.91 Å². The largest absolute Gasteiger partial charge is 0.489 e. The zero-order valence-electron chi connectivity index (χ0n) is 12.1. The average Bonchev–Trinajstić information content (AvgIpc) is 2.96. The van der Waals surface area contributed by atoms with Crippen molar-refractivity contribution in [2.45, 2.75) is 25.8 Å². The second-order valence-corrected chi connectivity index (χ2v) is 5.07. The fourth-order valence-corrected chi connectivity index (χ4v) is 1.99. The molecule has 1 atom stereocenters. The summed E-state index contributed by atoms with van der Waals surface area (Å²) < 4.78 is 11.1. The van der Waals surface area contributed by atoms with Crippen molar-refractivity contribution >= 4 is 17.5 Å². The summed E-state index contributed by atoms with van der Waals surface area (Å²) in [5.41, 5.74) is 1.06. The van der Waals surface area contributed by atoms with Gasteiger partial charge in [0.2, 0.25) is 0 Å². The first-order valence-electron chi connectivity index (χ1n) is 6.75. The van der Waals surface area contributed by atoms with Gasteiger partial charge in [0.15, 0.2) is 5.76 Å². The van der Waals surface area contributed by atoms with Crippen LogP contribution in [0.4, 0.5) is 0 Å². The van der Waals surface area contributed by atoms with E-state index in [-0.39, 0.29) is 23.7 Å². The van der Waals surface area contributed by atoms with Gasteiger partial charge in [0, 0.05) is 0 Å². The number of halogens is 1. The van der Waals surface area contributed by atoms with E-state index in [1.54, 1.807) is 12.1 Å². The van der Waals surface area contributed by atoms with Gasteiger partial charge in [-0.25, -0.2) is 0 Å². The Bertz CT molecular complexity index is 609. The van der Waals surface area contributed by atoms with Gasteiger partial charge < -0.3 is 14.5 Å². The molecular formula is C16H18ClNO3. The summed E-state index contributed by atoms with van der Waals surface area (Å²) >= 11 is 5.63. The molecule has 0 bridgehead atoms. The van der Waals surface area contributed by atoms with Gasteiger partial charge in [-0.3, -0.25) is 4.79 Å². The Morgan fingerprint density at radius 3 is 2.76 bits per heavy atom. The number of benzene rings is 1. The summed E-state index contributed by atoms with van der Waals surface area (Å²) in [6, 6.07) is 11.1. The standard InChI is InChI=1S/C16H18ClNO3/c1-11-5-3-4-6-14(11)20-12(2)10-18-16(19)15-8-7-13(9-17)21-15/h3-8,12H,9-10H2,1-2H3,(H,18,19). The number of nitrogens with one attached hydrogen (secondary N) is 1. The number of para-hydroxylation sites is 1. The molecule has 1 N–H and O–H groups in total. The first-order chi connectivity index (χ1) is 10.1. The van der Waals surface area contributed by atoms with E-state index < -0.39 is 0 Å². The van der Waals surface area contributed by atoms with E-state index >= 15 is 0 Å². The minimum Gasteiger partial charge on any atom is -0.489 e. The maximum Gasteiger partial charge on any atom is 0.287 e. The average molecular weight is 308 g/mol. The number of aryl methyl sites for hydroxylation is 1. The molecule has 2 aromatic rings. The zero-order chi connectivity index (χ0) is 15.2. The molecule has 0 aliphatic rings. The highest BCUT2D eigenvalue weighted by Gasteiger charge is 2.13. The Balaban J connectivity index is 1.85. The minimum absolute atomic E-state index is 0.141. The smallest absolute Gasteiger partial charge is 0.287 e. The molecule has 1 aromatic heterocycles. The van der Waals surface area contributed by atoms with E-state index in [0.717, 1.165) is 11.3 Å². The zero-order valence-corrected chi connectivity index (χ0v) is 12.8. The third kappa shape index (κ3) is 4.26. The molecule has 0 radical (unpaired) electrons. The van der Waals surface area contributed by atoms with Crippen LogP contribution in [0.25, 0.3) is 0 Å². The summed E-state index contributed by atoms with van der Waals surface area (Å²) in [7, 11) is 0. The van der Waals surface area contributed by atoms with Crippen LogP contribution in [0.15, 0.2) is 40.8 Å². The van der Waals surface area contributed by atoms with E-state index in [9.17, 15) is 4.79 Å². The predicted molar refractivity (Wildman–Crippen MR) is 81.9 cm³/mol. The van der Waals surface area contributed by atoms with Crippen LogP contribution in [0.1, 0.15) is 28.8 Å². The van der Waals surface area contributed by atoms with Crippen LogP contribution in [-0.2, 0) is 5.88 Å². The molecule has 1 heterocycles. The topological polar surface area (TPSA) is 51.5 Å². The van der Waals surface area contributed by atoms with Crippen LogP contribution in [0, 0.1) is 6.92 Å². The van der Waals surface area contributed by atoms with E-state index in [0.29, 0.717) is 12.3 Å². The maximum atomic E-state index is 11.9. The van der Waals surface area contributed by atoms with Crippen molar-refractivity contribution in [3.05, 3.63) is 53.5 Å². The molecule has 4 nitrogen and oxygen atoms in total. The van der Waals surface area contributed by atoms with Crippen LogP contribution >= 0.6 is 11.6 Å². The molecule has 0 saturated carbocycles. The monoisotopic (exact) mass is 307 g/mol. The summed E-state index contributed by atoms with van der Waals surface area (Å²) in [5.74, 6) is 1.63. The lowest BCUT2D eigenvalue weighted by atomic mass is 10.2. The first kappa shape index (κ1) is 15.4. The van der Waals surface area contributed by atoms with E-state index in [1.165, 1.54) is 0 Å². The number of ether oxygens (including phenoxy) is 1. The molecule has 2 rings (SSSR count). The first-order valence-corrected chi connectivity index (χ1v) is 7.28. The molecule has 1 aromatic carbocycles. The summed E-state index contributed by atoms with van der Waals surface area (Å²) in [6.45, 7) is 4.28. The molecule has 0 saturated heterocycles. The Kier molecular flexibility index (Phi) is 5.28. The highest BCUT2D eigenvalue weighted by molar-refractivity contribution is 6.16. The number of carbonyl (C=O) groups excluding carboxylic acids is 1. The van der Waals surface area contributed by atoms with Gasteiger partial charge in [-0.2, -0.15) is 0 Å². The summed E-state index contributed by atoms with van der Waals surface area (Å²) in [4.78, 5) is 11.9. The number of furan rings is 1. The molecule has 21 heavy (non-hydrogen) atoms. The number of hydrogen-bond donors (Lipinski definition) is 1. The Hall–Kier alpha value is -1.94. The van der Waals surface area contributed by atoms with Gasteiger partial charge >= 0.3 is 0 Å².